The lowest BCUT2D eigenvalue weighted by Gasteiger charge is -1.99. The van der Waals surface area contributed by atoms with Gasteiger partial charge in [-0.05, 0) is 0 Å². The summed E-state index contributed by atoms with van der Waals surface area (Å²) in [6, 6.07) is 0. The second-order valence-corrected chi connectivity index (χ2v) is 2.64. The van der Waals surface area contributed by atoms with Gasteiger partial charge in [-0.15, -0.1) is 0 Å². The van der Waals surface area contributed by atoms with Crippen LogP contribution in [-0.2, 0) is 11.2 Å². The number of primary amides is 1. The van der Waals surface area contributed by atoms with Crippen LogP contribution in [0.25, 0.3) is 0 Å². The summed E-state index contributed by atoms with van der Waals surface area (Å²) < 4.78 is 0. The standard InChI is InChI=1S/C7H6N4O2/c8-6(13)5-3-1-4(12)11-7(3)10-2-9-5/h2H,1H2,(H2,8,13)(H,9,10,11,12). The lowest BCUT2D eigenvalue weighted by atomic mass is 10.2. The number of hydrogen-bond donors (Lipinski definition) is 2. The molecule has 0 saturated heterocycles. The van der Waals surface area contributed by atoms with Gasteiger partial charge in [-0.25, -0.2) is 9.97 Å². The van der Waals surface area contributed by atoms with E-state index in [1.807, 2.05) is 0 Å². The number of aromatic nitrogens is 2. The zero-order chi connectivity index (χ0) is 9.42. The van der Waals surface area contributed by atoms with Gasteiger partial charge in [0.15, 0.2) is 0 Å². The predicted octanol–water partition coefficient (Wildman–Crippen LogP) is -0.930. The van der Waals surface area contributed by atoms with Crippen molar-refractivity contribution in [2.24, 2.45) is 5.73 Å². The molecule has 1 aromatic rings. The highest BCUT2D eigenvalue weighted by molar-refractivity contribution is 6.03. The summed E-state index contributed by atoms with van der Waals surface area (Å²) in [5.41, 5.74) is 5.66. The third-order valence-corrected chi connectivity index (χ3v) is 1.77. The van der Waals surface area contributed by atoms with Crippen LogP contribution in [0, 0.1) is 0 Å². The Bertz CT molecular complexity index is 401. The summed E-state index contributed by atoms with van der Waals surface area (Å²) in [6.07, 6.45) is 1.32. The molecule has 2 heterocycles. The molecule has 1 aliphatic rings. The number of nitrogens with two attached hydrogens (primary N) is 1. The van der Waals surface area contributed by atoms with Crippen molar-refractivity contribution in [2.45, 2.75) is 6.42 Å². The Morgan fingerprint density at radius 1 is 1.54 bits per heavy atom. The summed E-state index contributed by atoms with van der Waals surface area (Å²) in [6.45, 7) is 0. The molecule has 2 amide bonds. The fraction of sp³-hybridized carbons (Fsp3) is 0.143. The summed E-state index contributed by atoms with van der Waals surface area (Å²) in [5.74, 6) is -0.457. The minimum Gasteiger partial charge on any atom is -0.364 e. The maximum Gasteiger partial charge on any atom is 0.267 e. The quantitative estimate of drug-likeness (QED) is 0.580. The normalized spacial score (nSPS) is 13.7. The van der Waals surface area contributed by atoms with E-state index in [4.69, 9.17) is 5.73 Å². The second kappa shape index (κ2) is 2.51. The number of hydrogen-bond acceptors (Lipinski definition) is 4. The Morgan fingerprint density at radius 3 is 3.00 bits per heavy atom. The first-order valence-corrected chi connectivity index (χ1v) is 3.62. The summed E-state index contributed by atoms with van der Waals surface area (Å²) in [5, 5.41) is 2.49. The molecule has 6 nitrogen and oxygen atoms in total. The van der Waals surface area contributed by atoms with Crippen molar-refractivity contribution in [1.29, 1.82) is 0 Å². The molecule has 13 heavy (non-hydrogen) atoms. The summed E-state index contributed by atoms with van der Waals surface area (Å²) in [7, 11) is 0. The van der Waals surface area contributed by atoms with Crippen LogP contribution in [0.5, 0.6) is 0 Å². The van der Waals surface area contributed by atoms with E-state index in [1.165, 1.54) is 6.33 Å². The molecule has 0 saturated carbocycles. The smallest absolute Gasteiger partial charge is 0.267 e. The molecule has 0 unspecified atom stereocenters. The predicted molar refractivity (Wildman–Crippen MR) is 42.9 cm³/mol. The van der Waals surface area contributed by atoms with E-state index in [-0.39, 0.29) is 18.0 Å². The Morgan fingerprint density at radius 2 is 2.31 bits per heavy atom. The fourth-order valence-corrected chi connectivity index (χ4v) is 1.24. The van der Waals surface area contributed by atoms with Crippen molar-refractivity contribution in [2.75, 3.05) is 5.32 Å². The van der Waals surface area contributed by atoms with Crippen LogP contribution in [0.3, 0.4) is 0 Å². The number of nitrogens with one attached hydrogen (secondary N) is 1. The Kier molecular flexibility index (Phi) is 1.48. The maximum atomic E-state index is 10.9. The number of rotatable bonds is 1. The molecule has 6 heteroatoms. The second-order valence-electron chi connectivity index (χ2n) is 2.64. The number of carbonyl (C=O) groups excluding carboxylic acids is 2. The van der Waals surface area contributed by atoms with Gasteiger partial charge in [0.1, 0.15) is 17.8 Å². The van der Waals surface area contributed by atoms with E-state index >= 15 is 0 Å². The van der Waals surface area contributed by atoms with Crippen molar-refractivity contribution in [3.8, 4) is 0 Å². The number of carbonyl (C=O) groups is 2. The molecule has 0 aromatic carbocycles. The van der Waals surface area contributed by atoms with Gasteiger partial charge in [-0.1, -0.05) is 0 Å². The first kappa shape index (κ1) is 7.66. The van der Waals surface area contributed by atoms with Gasteiger partial charge in [0.05, 0.1) is 6.42 Å². The van der Waals surface area contributed by atoms with Gasteiger partial charge in [0, 0.05) is 5.56 Å². The highest BCUT2D eigenvalue weighted by Gasteiger charge is 2.24. The summed E-state index contributed by atoms with van der Waals surface area (Å²) in [4.78, 5) is 29.3. The SMILES string of the molecule is NC(=O)c1ncnc2c1CC(=O)N2. The Balaban J connectivity index is 2.57. The number of nitrogens with zero attached hydrogens (tertiary/aromatic N) is 2. The fourth-order valence-electron chi connectivity index (χ4n) is 1.24. The van der Waals surface area contributed by atoms with Crippen LogP contribution < -0.4 is 11.1 Å². The van der Waals surface area contributed by atoms with Gasteiger partial charge in [-0.3, -0.25) is 9.59 Å². The lowest BCUT2D eigenvalue weighted by Crippen LogP contribution is -2.15. The van der Waals surface area contributed by atoms with Gasteiger partial charge in [0.25, 0.3) is 5.91 Å². The van der Waals surface area contributed by atoms with Gasteiger partial charge in [0.2, 0.25) is 5.91 Å². The third-order valence-electron chi connectivity index (χ3n) is 1.77. The van der Waals surface area contributed by atoms with Crippen LogP contribution in [-0.4, -0.2) is 21.8 Å². The zero-order valence-corrected chi connectivity index (χ0v) is 6.57. The van der Waals surface area contributed by atoms with Crippen molar-refractivity contribution >= 4 is 17.6 Å². The van der Waals surface area contributed by atoms with Gasteiger partial charge < -0.3 is 11.1 Å². The van der Waals surface area contributed by atoms with E-state index in [2.05, 4.69) is 15.3 Å². The first-order valence-electron chi connectivity index (χ1n) is 3.62. The zero-order valence-electron chi connectivity index (χ0n) is 6.57. The average molecular weight is 178 g/mol. The van der Waals surface area contributed by atoms with E-state index in [9.17, 15) is 9.59 Å². The van der Waals surface area contributed by atoms with Crippen LogP contribution in [0.15, 0.2) is 6.33 Å². The highest BCUT2D eigenvalue weighted by atomic mass is 16.2. The number of amides is 2. The largest absolute Gasteiger partial charge is 0.364 e. The minimum absolute atomic E-state index is 0.114. The topological polar surface area (TPSA) is 98.0 Å². The first-order chi connectivity index (χ1) is 6.18. The summed E-state index contributed by atoms with van der Waals surface area (Å²) >= 11 is 0. The molecular weight excluding hydrogens is 172 g/mol. The van der Waals surface area contributed by atoms with E-state index in [1.54, 1.807) is 0 Å². The number of fused-ring (bicyclic) bond motifs is 1. The highest BCUT2D eigenvalue weighted by Crippen LogP contribution is 2.21. The Labute approximate surface area is 73.2 Å². The van der Waals surface area contributed by atoms with E-state index < -0.39 is 5.91 Å². The molecule has 0 fully saturated rings. The van der Waals surface area contributed by atoms with Crippen molar-refractivity contribution < 1.29 is 9.59 Å². The van der Waals surface area contributed by atoms with Crippen LogP contribution in [0.2, 0.25) is 0 Å². The maximum absolute atomic E-state index is 10.9. The molecule has 1 aliphatic heterocycles. The molecule has 66 valence electrons. The lowest BCUT2D eigenvalue weighted by molar-refractivity contribution is -0.115. The minimum atomic E-state index is -0.643. The van der Waals surface area contributed by atoms with Gasteiger partial charge in [-0.2, -0.15) is 0 Å². The van der Waals surface area contributed by atoms with Crippen LogP contribution in [0.1, 0.15) is 16.1 Å². The molecule has 0 radical (unpaired) electrons. The average Bonchev–Trinajstić information content (AvgIpc) is 2.43. The van der Waals surface area contributed by atoms with Crippen molar-refractivity contribution in [3.63, 3.8) is 0 Å². The van der Waals surface area contributed by atoms with Crippen molar-refractivity contribution in [1.82, 2.24) is 9.97 Å². The van der Waals surface area contributed by atoms with E-state index in [0.29, 0.717) is 11.4 Å². The molecule has 2 rings (SSSR count). The van der Waals surface area contributed by atoms with Crippen molar-refractivity contribution in [3.05, 3.63) is 17.6 Å². The molecule has 3 N–H and O–H groups in total. The Hall–Kier alpha value is -1.98. The molecule has 0 bridgehead atoms. The van der Waals surface area contributed by atoms with E-state index in [0.717, 1.165) is 0 Å². The molecule has 0 spiro atoms. The van der Waals surface area contributed by atoms with Crippen LogP contribution in [0.4, 0.5) is 5.82 Å². The molecule has 0 aliphatic carbocycles. The van der Waals surface area contributed by atoms with Crippen LogP contribution >= 0.6 is 0 Å². The molecule has 0 atom stereocenters. The monoisotopic (exact) mass is 178 g/mol. The van der Waals surface area contributed by atoms with Gasteiger partial charge >= 0.3 is 0 Å². The third kappa shape index (κ3) is 1.12. The number of anilines is 1. The molecule has 1 aromatic heterocycles. The molecular formula is C7H6N4O2.